The molecular weight excluding hydrogens is 479 g/mol. The molecule has 2 heterocycles. The first-order chi connectivity index (χ1) is 17.5. The van der Waals surface area contributed by atoms with Crippen molar-refractivity contribution in [3.05, 3.63) is 35.1 Å². The van der Waals surface area contributed by atoms with Gasteiger partial charge in [-0.2, -0.15) is 0 Å². The van der Waals surface area contributed by atoms with E-state index in [9.17, 15) is 18.8 Å². The van der Waals surface area contributed by atoms with Crippen LogP contribution in [0.2, 0.25) is 0 Å². The van der Waals surface area contributed by atoms with Crippen molar-refractivity contribution in [1.29, 1.82) is 0 Å². The normalized spacial score (nSPS) is 20.1. The molecule has 0 unspecified atom stereocenters. The number of hydrogen-bond donors (Lipinski definition) is 2. The van der Waals surface area contributed by atoms with Gasteiger partial charge in [0.1, 0.15) is 18.0 Å². The monoisotopic (exact) mass is 520 g/mol. The van der Waals surface area contributed by atoms with Gasteiger partial charge in [0, 0.05) is 18.5 Å². The molecule has 206 valence electrons. The Kier molecular flexibility index (Phi) is 9.89. The van der Waals surface area contributed by atoms with E-state index in [0.717, 1.165) is 31.2 Å². The fourth-order valence-corrected chi connectivity index (χ4v) is 4.77. The van der Waals surface area contributed by atoms with Crippen molar-refractivity contribution in [3.8, 4) is 0 Å². The largest absolute Gasteiger partial charge is 0.444 e. The van der Waals surface area contributed by atoms with Crippen LogP contribution in [0.3, 0.4) is 0 Å². The van der Waals surface area contributed by atoms with Crippen LogP contribution in [0.15, 0.2) is 18.2 Å². The maximum Gasteiger partial charge on any atom is 0.410 e. The fraction of sp³-hybridized carbons (Fsp3) is 0.667. The first-order valence-electron chi connectivity index (χ1n) is 13.2. The quantitative estimate of drug-likeness (QED) is 0.341. The van der Waals surface area contributed by atoms with Crippen molar-refractivity contribution in [2.75, 3.05) is 13.3 Å². The van der Waals surface area contributed by atoms with Gasteiger partial charge in [0.05, 0.1) is 31.5 Å². The molecule has 10 heteroatoms. The Morgan fingerprint density at radius 3 is 2.59 bits per heavy atom. The molecule has 3 amide bonds. The SMILES string of the molecule is CCCCCC[C@H](NCOC(C)(C)C)C(=O)N1C[C@H](OC(=O)N2Cc3cccc(F)c3C2)C[C@H]1C(N)=O. The molecule has 0 aliphatic carbocycles. The van der Waals surface area contributed by atoms with Gasteiger partial charge in [0.2, 0.25) is 11.8 Å². The fourth-order valence-electron chi connectivity index (χ4n) is 4.77. The van der Waals surface area contributed by atoms with E-state index in [1.165, 1.54) is 15.9 Å². The van der Waals surface area contributed by atoms with Gasteiger partial charge in [-0.25, -0.2) is 9.18 Å². The number of nitrogens with two attached hydrogens (primary N) is 1. The number of primary amides is 1. The van der Waals surface area contributed by atoms with Crippen LogP contribution in [-0.2, 0) is 32.2 Å². The number of benzene rings is 1. The Morgan fingerprint density at radius 1 is 1.19 bits per heavy atom. The molecule has 1 fully saturated rings. The molecule has 3 N–H and O–H groups in total. The molecule has 0 saturated carbocycles. The minimum absolute atomic E-state index is 0.0700. The summed E-state index contributed by atoms with van der Waals surface area (Å²) in [5, 5.41) is 3.19. The number of hydrogen-bond acceptors (Lipinski definition) is 6. The van der Waals surface area contributed by atoms with Gasteiger partial charge in [-0.3, -0.25) is 19.8 Å². The van der Waals surface area contributed by atoms with Crippen LogP contribution >= 0.6 is 0 Å². The summed E-state index contributed by atoms with van der Waals surface area (Å²) in [7, 11) is 0. The predicted octanol–water partition coefficient (Wildman–Crippen LogP) is 3.43. The molecule has 1 aromatic rings. The maximum atomic E-state index is 14.1. The summed E-state index contributed by atoms with van der Waals surface area (Å²) in [6, 6.07) is 3.33. The molecule has 2 aliphatic heterocycles. The lowest BCUT2D eigenvalue weighted by Gasteiger charge is -2.29. The lowest BCUT2D eigenvalue weighted by molar-refractivity contribution is -0.140. The predicted molar refractivity (Wildman–Crippen MR) is 137 cm³/mol. The van der Waals surface area contributed by atoms with Crippen LogP contribution in [0.1, 0.15) is 77.3 Å². The molecule has 1 saturated heterocycles. The molecular formula is C27H41FN4O5. The number of rotatable bonds is 11. The van der Waals surface area contributed by atoms with Crippen molar-refractivity contribution in [3.63, 3.8) is 0 Å². The highest BCUT2D eigenvalue weighted by molar-refractivity contribution is 5.90. The Morgan fingerprint density at radius 2 is 1.95 bits per heavy atom. The van der Waals surface area contributed by atoms with Gasteiger partial charge in [0.25, 0.3) is 0 Å². The van der Waals surface area contributed by atoms with E-state index in [2.05, 4.69) is 12.2 Å². The van der Waals surface area contributed by atoms with Crippen LogP contribution in [0.25, 0.3) is 0 Å². The number of likely N-dealkylation sites (tertiary alicyclic amines) is 1. The molecule has 3 atom stereocenters. The van der Waals surface area contributed by atoms with Gasteiger partial charge in [-0.15, -0.1) is 0 Å². The lowest BCUT2D eigenvalue weighted by Crippen LogP contribution is -2.52. The number of carbonyl (C=O) groups excluding carboxylic acids is 3. The summed E-state index contributed by atoms with van der Waals surface area (Å²) in [6.45, 7) is 8.55. The molecule has 3 rings (SSSR count). The molecule has 9 nitrogen and oxygen atoms in total. The molecule has 37 heavy (non-hydrogen) atoms. The Bertz CT molecular complexity index is 967. The smallest absolute Gasteiger partial charge is 0.410 e. The molecule has 0 spiro atoms. The summed E-state index contributed by atoms with van der Waals surface area (Å²) < 4.78 is 25.5. The van der Waals surface area contributed by atoms with Crippen LogP contribution in [-0.4, -0.2) is 64.8 Å². The zero-order valence-corrected chi connectivity index (χ0v) is 22.4. The van der Waals surface area contributed by atoms with E-state index < -0.39 is 30.2 Å². The zero-order chi connectivity index (χ0) is 27.2. The lowest BCUT2D eigenvalue weighted by atomic mass is 10.1. The average Bonchev–Trinajstić information content (AvgIpc) is 3.45. The first-order valence-corrected chi connectivity index (χ1v) is 13.2. The summed E-state index contributed by atoms with van der Waals surface area (Å²) in [4.78, 5) is 41.5. The number of carbonyl (C=O) groups is 3. The van der Waals surface area contributed by atoms with Gasteiger partial charge < -0.3 is 20.1 Å². The van der Waals surface area contributed by atoms with E-state index in [0.29, 0.717) is 12.0 Å². The van der Waals surface area contributed by atoms with Crippen molar-refractivity contribution in [2.45, 2.75) is 103 Å². The third-order valence-corrected chi connectivity index (χ3v) is 6.81. The number of unbranched alkanes of at least 4 members (excludes halogenated alkanes) is 3. The summed E-state index contributed by atoms with van der Waals surface area (Å²) in [5.41, 5.74) is 6.49. The number of nitrogens with zero attached hydrogens (tertiary/aromatic N) is 2. The van der Waals surface area contributed by atoms with Gasteiger partial charge in [-0.1, -0.05) is 44.7 Å². The number of ether oxygens (including phenoxy) is 2. The second-order valence-electron chi connectivity index (χ2n) is 10.9. The minimum Gasteiger partial charge on any atom is -0.444 e. The third kappa shape index (κ3) is 7.88. The molecule has 0 bridgehead atoms. The standard InChI is InChI=1S/C27H41FN4O5/c1-5-6-7-8-12-22(30-17-36-27(2,3)4)25(34)32-15-19(13-23(32)24(29)33)37-26(35)31-14-18-10-9-11-21(28)20(18)16-31/h9-11,19,22-23,30H,5-8,12-17H2,1-4H3,(H2,29,33)/t19-,22+,23+/m1/s1. The van der Waals surface area contributed by atoms with Crippen LogP contribution in [0, 0.1) is 5.82 Å². The summed E-state index contributed by atoms with van der Waals surface area (Å²) in [5.74, 6) is -1.25. The average molecular weight is 521 g/mol. The molecule has 0 aromatic heterocycles. The summed E-state index contributed by atoms with van der Waals surface area (Å²) in [6.07, 6.45) is 3.44. The third-order valence-electron chi connectivity index (χ3n) is 6.81. The van der Waals surface area contributed by atoms with Crippen molar-refractivity contribution in [1.82, 2.24) is 15.1 Å². The summed E-state index contributed by atoms with van der Waals surface area (Å²) >= 11 is 0. The number of halogens is 1. The van der Waals surface area contributed by atoms with E-state index in [1.54, 1.807) is 12.1 Å². The van der Waals surface area contributed by atoms with E-state index >= 15 is 0 Å². The van der Waals surface area contributed by atoms with Crippen LogP contribution < -0.4 is 11.1 Å². The maximum absolute atomic E-state index is 14.1. The molecule has 1 aromatic carbocycles. The Balaban J connectivity index is 1.63. The second-order valence-corrected chi connectivity index (χ2v) is 10.9. The number of fused-ring (bicyclic) bond motifs is 1. The Labute approximate surface area is 218 Å². The second kappa shape index (κ2) is 12.7. The molecule has 0 radical (unpaired) electrons. The minimum atomic E-state index is -0.873. The molecule has 2 aliphatic rings. The highest BCUT2D eigenvalue weighted by Crippen LogP contribution is 2.28. The van der Waals surface area contributed by atoms with Crippen molar-refractivity contribution >= 4 is 17.9 Å². The van der Waals surface area contributed by atoms with Gasteiger partial charge >= 0.3 is 6.09 Å². The van der Waals surface area contributed by atoms with Crippen LogP contribution in [0.4, 0.5) is 9.18 Å². The van der Waals surface area contributed by atoms with Gasteiger partial charge in [-0.05, 0) is 38.8 Å². The topological polar surface area (TPSA) is 114 Å². The van der Waals surface area contributed by atoms with E-state index in [1.807, 2.05) is 20.8 Å². The highest BCUT2D eigenvalue weighted by atomic mass is 19.1. The van der Waals surface area contributed by atoms with Crippen molar-refractivity contribution in [2.24, 2.45) is 5.73 Å². The van der Waals surface area contributed by atoms with Crippen LogP contribution in [0.5, 0.6) is 0 Å². The van der Waals surface area contributed by atoms with E-state index in [4.69, 9.17) is 15.2 Å². The zero-order valence-electron chi connectivity index (χ0n) is 22.4. The Hall–Kier alpha value is -2.72. The van der Waals surface area contributed by atoms with Gasteiger partial charge in [0.15, 0.2) is 0 Å². The number of amides is 3. The van der Waals surface area contributed by atoms with Crippen molar-refractivity contribution < 1.29 is 28.2 Å². The first kappa shape index (κ1) is 28.8. The number of nitrogens with one attached hydrogen (secondary N) is 1. The highest BCUT2D eigenvalue weighted by Gasteiger charge is 2.43. The van der Waals surface area contributed by atoms with E-state index in [-0.39, 0.29) is 50.1 Å².